The van der Waals surface area contributed by atoms with Crippen LogP contribution in [-0.4, -0.2) is 39.3 Å². The Morgan fingerprint density at radius 2 is 2.00 bits per heavy atom. The molecule has 1 aliphatic rings. The summed E-state index contributed by atoms with van der Waals surface area (Å²) in [6.07, 6.45) is 3.00. The summed E-state index contributed by atoms with van der Waals surface area (Å²) in [7, 11) is 0. The van der Waals surface area contributed by atoms with Crippen molar-refractivity contribution >= 4 is 39.8 Å². The Labute approximate surface area is 175 Å². The van der Waals surface area contributed by atoms with Crippen molar-refractivity contribution in [3.63, 3.8) is 0 Å². The first-order valence-corrected chi connectivity index (χ1v) is 9.72. The van der Waals surface area contributed by atoms with Gasteiger partial charge >= 0.3 is 0 Å². The Morgan fingerprint density at radius 1 is 1.17 bits per heavy atom. The summed E-state index contributed by atoms with van der Waals surface area (Å²) in [5.74, 6) is -0.0168. The van der Waals surface area contributed by atoms with Gasteiger partial charge in [0.1, 0.15) is 17.3 Å². The number of aliphatic hydroxyl groups excluding tert-OH is 1. The molecule has 9 heteroatoms. The highest BCUT2D eigenvalue weighted by Crippen LogP contribution is 2.34. The molecular weight excluding hydrogens is 409 g/mol. The zero-order valence-electron chi connectivity index (χ0n) is 15.6. The second kappa shape index (κ2) is 7.16. The molecule has 30 heavy (non-hydrogen) atoms. The van der Waals surface area contributed by atoms with Crippen molar-refractivity contribution in [2.24, 2.45) is 0 Å². The molecule has 4 heterocycles. The van der Waals surface area contributed by atoms with Crippen LogP contribution in [0.3, 0.4) is 0 Å². The minimum Gasteiger partial charge on any atom is -0.389 e. The van der Waals surface area contributed by atoms with Gasteiger partial charge in [-0.05, 0) is 36.4 Å². The van der Waals surface area contributed by atoms with E-state index in [4.69, 9.17) is 11.6 Å². The van der Waals surface area contributed by atoms with Crippen LogP contribution < -0.4 is 15.8 Å². The Balaban J connectivity index is 1.66. The van der Waals surface area contributed by atoms with E-state index < -0.39 is 17.5 Å². The van der Waals surface area contributed by atoms with Crippen LogP contribution in [0.5, 0.6) is 0 Å². The van der Waals surface area contributed by atoms with Gasteiger partial charge in [-0.2, -0.15) is 0 Å². The molecule has 0 saturated carbocycles. The van der Waals surface area contributed by atoms with E-state index in [0.717, 1.165) is 11.1 Å². The van der Waals surface area contributed by atoms with Gasteiger partial charge in [-0.1, -0.05) is 11.6 Å². The first kappa shape index (κ1) is 18.7. The van der Waals surface area contributed by atoms with Gasteiger partial charge in [-0.15, -0.1) is 0 Å². The quantitative estimate of drug-likeness (QED) is 0.400. The summed E-state index contributed by atoms with van der Waals surface area (Å²) in [6, 6.07) is 9.40. The topological polar surface area (TPSA) is 97.0 Å². The van der Waals surface area contributed by atoms with Crippen molar-refractivity contribution in [3.05, 3.63) is 70.0 Å². The molecule has 0 amide bonds. The third-order valence-corrected chi connectivity index (χ3v) is 5.38. The number of β-amino-alcohol motifs (C(OH)–C–C–N with tert-alkyl or cyclic N) is 1. The molecule has 1 aromatic carbocycles. The number of aromatic amines is 2. The fraction of sp³-hybridized carbons (Fsp3) is 0.143. The number of aliphatic hydroxyl groups is 1. The second-order valence-corrected chi connectivity index (χ2v) is 7.62. The highest BCUT2D eigenvalue weighted by atomic mass is 35.5. The molecule has 0 spiro atoms. The van der Waals surface area contributed by atoms with Crippen LogP contribution in [0.25, 0.3) is 22.2 Å². The molecule has 3 aromatic heterocycles. The van der Waals surface area contributed by atoms with Crippen LogP contribution >= 0.6 is 11.6 Å². The standard InChI is InChI=1S/C21H17ClFN5O2/c22-11-1-2-16(23)14(7-11)15-8-18(20(27-21(15)30)28-9-12(29)10-28)26-17-4-6-25-19-13(17)3-5-24-19/h1-8,12,29H,9-10H2,(H,27,30)(H2,24,25,26). The van der Waals surface area contributed by atoms with Crippen molar-refractivity contribution in [1.82, 2.24) is 15.0 Å². The number of benzene rings is 1. The molecule has 0 unspecified atom stereocenters. The lowest BCUT2D eigenvalue weighted by molar-refractivity contribution is 0.141. The molecule has 7 nitrogen and oxygen atoms in total. The lowest BCUT2D eigenvalue weighted by Gasteiger charge is -2.38. The molecule has 4 N–H and O–H groups in total. The van der Waals surface area contributed by atoms with Crippen LogP contribution in [0.2, 0.25) is 5.02 Å². The predicted octanol–water partition coefficient (Wildman–Crippen LogP) is 3.64. The van der Waals surface area contributed by atoms with Crippen LogP contribution in [0, 0.1) is 5.82 Å². The molecule has 0 atom stereocenters. The van der Waals surface area contributed by atoms with Crippen molar-refractivity contribution in [2.45, 2.75) is 6.10 Å². The third kappa shape index (κ3) is 3.20. The number of nitrogens with zero attached hydrogens (tertiary/aromatic N) is 2. The van der Waals surface area contributed by atoms with Crippen LogP contribution in [0.1, 0.15) is 0 Å². The highest BCUT2D eigenvalue weighted by Gasteiger charge is 2.28. The minimum atomic E-state index is -0.542. The van der Waals surface area contributed by atoms with E-state index in [0.29, 0.717) is 35.3 Å². The summed E-state index contributed by atoms with van der Waals surface area (Å²) < 4.78 is 14.5. The van der Waals surface area contributed by atoms with Crippen LogP contribution in [0.15, 0.2) is 53.6 Å². The average molecular weight is 426 g/mol. The molecule has 1 fully saturated rings. The smallest absolute Gasteiger partial charge is 0.257 e. The number of halogens is 2. The van der Waals surface area contributed by atoms with E-state index in [2.05, 4.69) is 20.3 Å². The maximum atomic E-state index is 14.5. The van der Waals surface area contributed by atoms with Crippen molar-refractivity contribution < 1.29 is 9.50 Å². The van der Waals surface area contributed by atoms with Gasteiger partial charge in [0.25, 0.3) is 5.56 Å². The molecule has 0 bridgehead atoms. The van der Waals surface area contributed by atoms with E-state index in [1.54, 1.807) is 18.5 Å². The fourth-order valence-electron chi connectivity index (χ4n) is 3.62. The molecule has 152 valence electrons. The lowest BCUT2D eigenvalue weighted by atomic mass is 10.0. The van der Waals surface area contributed by atoms with E-state index in [-0.39, 0.29) is 11.1 Å². The molecule has 0 radical (unpaired) electrons. The zero-order valence-corrected chi connectivity index (χ0v) is 16.4. The van der Waals surface area contributed by atoms with Gasteiger partial charge in [0.05, 0.1) is 23.0 Å². The van der Waals surface area contributed by atoms with Gasteiger partial charge in [0, 0.05) is 41.5 Å². The minimum absolute atomic E-state index is 0.114. The first-order chi connectivity index (χ1) is 14.5. The van der Waals surface area contributed by atoms with Crippen LogP contribution in [-0.2, 0) is 0 Å². The Hall–Kier alpha value is -3.36. The summed E-state index contributed by atoms with van der Waals surface area (Å²) in [4.78, 5) is 24.8. The Kier molecular flexibility index (Phi) is 4.45. The number of nitrogens with one attached hydrogen (secondary N) is 3. The Bertz CT molecular complexity index is 1310. The lowest BCUT2D eigenvalue weighted by Crippen LogP contribution is -2.51. The van der Waals surface area contributed by atoms with E-state index in [1.807, 2.05) is 17.0 Å². The number of hydrogen-bond donors (Lipinski definition) is 4. The van der Waals surface area contributed by atoms with Crippen molar-refractivity contribution in [1.29, 1.82) is 0 Å². The molecule has 0 aliphatic carbocycles. The number of hydrogen-bond acceptors (Lipinski definition) is 5. The zero-order chi connectivity index (χ0) is 20.8. The number of fused-ring (bicyclic) bond motifs is 1. The van der Waals surface area contributed by atoms with Gasteiger partial charge in [-0.25, -0.2) is 9.37 Å². The number of anilines is 3. The fourth-order valence-corrected chi connectivity index (χ4v) is 3.79. The van der Waals surface area contributed by atoms with Gasteiger partial charge in [0.15, 0.2) is 0 Å². The van der Waals surface area contributed by atoms with Crippen LogP contribution in [0.4, 0.5) is 21.6 Å². The predicted molar refractivity (Wildman–Crippen MR) is 115 cm³/mol. The normalized spacial score (nSPS) is 14.2. The molecule has 1 aliphatic heterocycles. The molecule has 1 saturated heterocycles. The summed E-state index contributed by atoms with van der Waals surface area (Å²) in [6.45, 7) is 0.788. The summed E-state index contributed by atoms with van der Waals surface area (Å²) >= 11 is 6.03. The van der Waals surface area contributed by atoms with Crippen molar-refractivity contribution in [2.75, 3.05) is 23.3 Å². The summed E-state index contributed by atoms with van der Waals surface area (Å²) in [5.41, 5.74) is 1.88. The Morgan fingerprint density at radius 3 is 2.80 bits per heavy atom. The highest BCUT2D eigenvalue weighted by molar-refractivity contribution is 6.30. The molecule has 5 rings (SSSR count). The van der Waals surface area contributed by atoms with E-state index in [9.17, 15) is 14.3 Å². The van der Waals surface area contributed by atoms with Gasteiger partial charge in [-0.3, -0.25) is 4.79 Å². The van der Waals surface area contributed by atoms with Crippen molar-refractivity contribution in [3.8, 4) is 11.1 Å². The third-order valence-electron chi connectivity index (χ3n) is 5.15. The monoisotopic (exact) mass is 425 g/mol. The number of aromatic nitrogens is 3. The first-order valence-electron chi connectivity index (χ1n) is 9.34. The molecule has 4 aromatic rings. The number of H-pyrrole nitrogens is 2. The SMILES string of the molecule is O=c1[nH]c(N2CC(O)C2)c(Nc2ccnc3[nH]ccc23)cc1-c1cc(Cl)ccc1F. The van der Waals surface area contributed by atoms with Gasteiger partial charge in [0.2, 0.25) is 0 Å². The summed E-state index contributed by atoms with van der Waals surface area (Å²) in [5, 5.41) is 14.2. The largest absolute Gasteiger partial charge is 0.389 e. The maximum Gasteiger partial charge on any atom is 0.257 e. The average Bonchev–Trinajstić information content (AvgIpc) is 3.18. The van der Waals surface area contributed by atoms with Gasteiger partial charge < -0.3 is 25.3 Å². The van der Waals surface area contributed by atoms with E-state index in [1.165, 1.54) is 18.2 Å². The second-order valence-electron chi connectivity index (χ2n) is 7.18. The number of pyridine rings is 2. The molecular formula is C21H17ClFN5O2. The number of rotatable bonds is 4. The van der Waals surface area contributed by atoms with E-state index >= 15 is 0 Å². The maximum absolute atomic E-state index is 14.5.